The van der Waals surface area contributed by atoms with Gasteiger partial charge in [-0.2, -0.15) is 0 Å². The summed E-state index contributed by atoms with van der Waals surface area (Å²) in [6, 6.07) is 28.6. The van der Waals surface area contributed by atoms with Crippen LogP contribution in [0.2, 0.25) is 0 Å². The van der Waals surface area contributed by atoms with E-state index in [1.165, 1.54) is 11.1 Å². The zero-order valence-corrected chi connectivity index (χ0v) is 14.4. The van der Waals surface area contributed by atoms with Gasteiger partial charge in [-0.1, -0.05) is 72.8 Å². The molecule has 0 amide bonds. The Bertz CT molecular complexity index is 757. The highest BCUT2D eigenvalue weighted by Gasteiger charge is 2.20. The number of nitrogens with two attached hydrogens (primary N) is 1. The van der Waals surface area contributed by atoms with Crippen LogP contribution in [0, 0.1) is 0 Å². The van der Waals surface area contributed by atoms with Crippen molar-refractivity contribution in [3.63, 3.8) is 0 Å². The molecule has 0 radical (unpaired) electrons. The van der Waals surface area contributed by atoms with Crippen molar-refractivity contribution in [1.29, 1.82) is 0 Å². The van der Waals surface area contributed by atoms with E-state index in [9.17, 15) is 0 Å². The lowest BCUT2D eigenvalue weighted by Crippen LogP contribution is -2.31. The Hall–Kier alpha value is -2.62. The van der Waals surface area contributed by atoms with Gasteiger partial charge in [0.2, 0.25) is 0 Å². The monoisotopic (exact) mass is 332 g/mol. The first-order chi connectivity index (χ1) is 12.3. The van der Waals surface area contributed by atoms with Crippen molar-refractivity contribution in [2.75, 3.05) is 7.11 Å². The number of rotatable bonds is 7. The van der Waals surface area contributed by atoms with Crippen LogP contribution in [0.5, 0.6) is 5.75 Å². The molecule has 3 aromatic carbocycles. The summed E-state index contributed by atoms with van der Waals surface area (Å²) >= 11 is 0. The van der Waals surface area contributed by atoms with Crippen molar-refractivity contribution in [3.05, 3.63) is 102 Å². The van der Waals surface area contributed by atoms with Gasteiger partial charge in [0.25, 0.3) is 0 Å². The molecule has 3 N–H and O–H groups in total. The molecular formula is C22H24N2O. The SMILES string of the molecule is COc1ccc(CNC(c2ccccc2)C(N)c2ccccc2)cc1. The maximum atomic E-state index is 6.60. The predicted molar refractivity (Wildman–Crippen MR) is 102 cm³/mol. The molecule has 2 unspecified atom stereocenters. The highest BCUT2D eigenvalue weighted by Crippen LogP contribution is 2.27. The molecule has 3 nitrogen and oxygen atoms in total. The van der Waals surface area contributed by atoms with Crippen LogP contribution in [0.15, 0.2) is 84.9 Å². The maximum Gasteiger partial charge on any atom is 0.118 e. The number of nitrogens with one attached hydrogen (secondary N) is 1. The second-order valence-electron chi connectivity index (χ2n) is 6.05. The van der Waals surface area contributed by atoms with Crippen LogP contribution >= 0.6 is 0 Å². The van der Waals surface area contributed by atoms with E-state index in [1.54, 1.807) is 7.11 Å². The Morgan fingerprint density at radius 1 is 0.800 bits per heavy atom. The Balaban J connectivity index is 1.79. The second-order valence-corrected chi connectivity index (χ2v) is 6.05. The molecule has 3 rings (SSSR count). The largest absolute Gasteiger partial charge is 0.497 e. The molecular weight excluding hydrogens is 308 g/mol. The van der Waals surface area contributed by atoms with Gasteiger partial charge in [0.05, 0.1) is 13.2 Å². The topological polar surface area (TPSA) is 47.3 Å². The molecule has 0 aliphatic rings. The summed E-state index contributed by atoms with van der Waals surface area (Å²) in [5.41, 5.74) is 10.1. The first kappa shape index (κ1) is 17.2. The van der Waals surface area contributed by atoms with Crippen molar-refractivity contribution >= 4 is 0 Å². The van der Waals surface area contributed by atoms with Gasteiger partial charge in [0, 0.05) is 12.6 Å². The van der Waals surface area contributed by atoms with Crippen LogP contribution < -0.4 is 15.8 Å². The number of ether oxygens (including phenoxy) is 1. The number of benzene rings is 3. The van der Waals surface area contributed by atoms with E-state index in [0.717, 1.165) is 17.9 Å². The first-order valence-corrected chi connectivity index (χ1v) is 8.49. The third-order valence-electron chi connectivity index (χ3n) is 4.39. The zero-order chi connectivity index (χ0) is 17.5. The van der Waals surface area contributed by atoms with E-state index in [0.29, 0.717) is 0 Å². The second kappa shape index (κ2) is 8.47. The normalized spacial score (nSPS) is 13.2. The molecule has 0 fully saturated rings. The summed E-state index contributed by atoms with van der Waals surface area (Å²) in [6.07, 6.45) is 0. The van der Waals surface area contributed by atoms with Gasteiger partial charge in [-0.3, -0.25) is 0 Å². The lowest BCUT2D eigenvalue weighted by Gasteiger charge is -2.26. The van der Waals surface area contributed by atoms with E-state index >= 15 is 0 Å². The molecule has 0 saturated carbocycles. The minimum absolute atomic E-state index is 0.0331. The Morgan fingerprint density at radius 2 is 1.36 bits per heavy atom. The molecule has 3 heteroatoms. The molecule has 0 heterocycles. The summed E-state index contributed by atoms with van der Waals surface area (Å²) < 4.78 is 5.22. The lowest BCUT2D eigenvalue weighted by molar-refractivity contribution is 0.414. The Labute approximate surface area is 149 Å². The first-order valence-electron chi connectivity index (χ1n) is 8.49. The standard InChI is InChI=1S/C22H24N2O/c1-25-20-14-12-17(13-15-20)16-24-22(19-10-6-3-7-11-19)21(23)18-8-4-2-5-9-18/h2-15,21-22,24H,16,23H2,1H3. The molecule has 3 aromatic rings. The zero-order valence-electron chi connectivity index (χ0n) is 14.4. The fourth-order valence-corrected chi connectivity index (χ4v) is 2.95. The molecule has 2 atom stereocenters. The fourth-order valence-electron chi connectivity index (χ4n) is 2.95. The summed E-state index contributed by atoms with van der Waals surface area (Å²) in [4.78, 5) is 0. The smallest absolute Gasteiger partial charge is 0.118 e. The van der Waals surface area contributed by atoms with E-state index in [-0.39, 0.29) is 12.1 Å². The summed E-state index contributed by atoms with van der Waals surface area (Å²) in [5.74, 6) is 0.865. The summed E-state index contributed by atoms with van der Waals surface area (Å²) in [7, 11) is 1.68. The summed E-state index contributed by atoms with van der Waals surface area (Å²) in [5, 5.41) is 3.62. The number of hydrogen-bond acceptors (Lipinski definition) is 3. The van der Waals surface area contributed by atoms with Gasteiger partial charge >= 0.3 is 0 Å². The van der Waals surface area contributed by atoms with Crippen molar-refractivity contribution in [2.24, 2.45) is 5.73 Å². The van der Waals surface area contributed by atoms with Gasteiger partial charge < -0.3 is 15.8 Å². The molecule has 0 saturated heterocycles. The minimum atomic E-state index is -0.123. The lowest BCUT2D eigenvalue weighted by atomic mass is 9.94. The Kier molecular flexibility index (Phi) is 5.83. The van der Waals surface area contributed by atoms with Crippen molar-refractivity contribution < 1.29 is 4.74 Å². The van der Waals surface area contributed by atoms with Crippen molar-refractivity contribution in [1.82, 2.24) is 5.32 Å². The van der Waals surface area contributed by atoms with E-state index in [4.69, 9.17) is 10.5 Å². The molecule has 25 heavy (non-hydrogen) atoms. The Morgan fingerprint density at radius 3 is 1.92 bits per heavy atom. The van der Waals surface area contributed by atoms with E-state index in [1.807, 2.05) is 36.4 Å². The highest BCUT2D eigenvalue weighted by molar-refractivity contribution is 5.29. The third kappa shape index (κ3) is 4.47. The average molecular weight is 332 g/mol. The summed E-state index contributed by atoms with van der Waals surface area (Å²) in [6.45, 7) is 0.740. The molecule has 0 aromatic heterocycles. The molecule has 128 valence electrons. The highest BCUT2D eigenvalue weighted by atomic mass is 16.5. The van der Waals surface area contributed by atoms with Crippen LogP contribution in [-0.4, -0.2) is 7.11 Å². The van der Waals surface area contributed by atoms with Crippen LogP contribution in [0.4, 0.5) is 0 Å². The predicted octanol–water partition coefficient (Wildman–Crippen LogP) is 4.23. The van der Waals surface area contributed by atoms with Gasteiger partial charge in [0.15, 0.2) is 0 Å². The number of hydrogen-bond donors (Lipinski definition) is 2. The van der Waals surface area contributed by atoms with E-state index < -0.39 is 0 Å². The van der Waals surface area contributed by atoms with Gasteiger partial charge in [-0.05, 0) is 28.8 Å². The van der Waals surface area contributed by atoms with Gasteiger partial charge in [-0.15, -0.1) is 0 Å². The van der Waals surface area contributed by atoms with E-state index in [2.05, 4.69) is 53.8 Å². The minimum Gasteiger partial charge on any atom is -0.497 e. The van der Waals surface area contributed by atoms with Crippen LogP contribution in [-0.2, 0) is 6.54 Å². The molecule has 0 bridgehead atoms. The van der Waals surface area contributed by atoms with Gasteiger partial charge in [0.1, 0.15) is 5.75 Å². The van der Waals surface area contributed by atoms with Crippen molar-refractivity contribution in [3.8, 4) is 5.75 Å². The quantitative estimate of drug-likeness (QED) is 0.681. The van der Waals surface area contributed by atoms with Crippen LogP contribution in [0.25, 0.3) is 0 Å². The molecule has 0 aliphatic heterocycles. The van der Waals surface area contributed by atoms with Crippen molar-refractivity contribution in [2.45, 2.75) is 18.6 Å². The van der Waals surface area contributed by atoms with Crippen LogP contribution in [0.1, 0.15) is 28.8 Å². The number of methoxy groups -OCH3 is 1. The third-order valence-corrected chi connectivity index (χ3v) is 4.39. The van der Waals surface area contributed by atoms with Crippen LogP contribution in [0.3, 0.4) is 0 Å². The molecule has 0 spiro atoms. The maximum absolute atomic E-state index is 6.60. The van der Waals surface area contributed by atoms with Gasteiger partial charge in [-0.25, -0.2) is 0 Å². The molecule has 0 aliphatic carbocycles. The average Bonchev–Trinajstić information content (AvgIpc) is 2.70. The fraction of sp³-hybridized carbons (Fsp3) is 0.182.